The third kappa shape index (κ3) is 7.02. The summed E-state index contributed by atoms with van der Waals surface area (Å²) < 4.78 is 25.5. The van der Waals surface area contributed by atoms with Gasteiger partial charge in [0.2, 0.25) is 0 Å². The number of aliphatic hydroxyl groups excluding tert-OH is 1. The second-order valence-electron chi connectivity index (χ2n) is 14.3. The Balaban J connectivity index is 1.21. The van der Waals surface area contributed by atoms with Gasteiger partial charge in [-0.15, -0.1) is 0 Å². The second-order valence-corrected chi connectivity index (χ2v) is 14.3. The zero-order valence-electron chi connectivity index (χ0n) is 30.7. The van der Waals surface area contributed by atoms with E-state index in [9.17, 15) is 15.3 Å². The van der Waals surface area contributed by atoms with E-state index < -0.39 is 6.10 Å². The van der Waals surface area contributed by atoms with E-state index >= 15 is 0 Å². The highest BCUT2D eigenvalue weighted by atomic mass is 16.6. The number of nitrogens with one attached hydrogen (secondary N) is 1. The molecule has 5 aromatic carbocycles. The number of fused-ring (bicyclic) bond motifs is 6. The highest BCUT2D eigenvalue weighted by Gasteiger charge is 2.39. The summed E-state index contributed by atoms with van der Waals surface area (Å²) in [6.45, 7) is 1.01. The lowest BCUT2D eigenvalue weighted by molar-refractivity contribution is -0.0429. The largest absolute Gasteiger partial charge is 0.508 e. The van der Waals surface area contributed by atoms with Crippen molar-refractivity contribution in [3.8, 4) is 39.9 Å². The van der Waals surface area contributed by atoms with Crippen molar-refractivity contribution in [2.24, 2.45) is 4.99 Å². The van der Waals surface area contributed by atoms with Crippen LogP contribution in [0.25, 0.3) is 17.2 Å². The van der Waals surface area contributed by atoms with Gasteiger partial charge >= 0.3 is 0 Å². The van der Waals surface area contributed by atoms with Crippen LogP contribution in [0.15, 0.2) is 89.9 Å². The molecule has 0 amide bonds. The number of aryl methyl sites for hydroxylation is 2. The summed E-state index contributed by atoms with van der Waals surface area (Å²) in [5.74, 6) is 2.12. The van der Waals surface area contributed by atoms with Gasteiger partial charge in [0.25, 0.3) is 0 Å². The third-order valence-corrected chi connectivity index (χ3v) is 10.9. The Morgan fingerprint density at radius 3 is 2.57 bits per heavy atom. The van der Waals surface area contributed by atoms with Gasteiger partial charge < -0.3 is 34.3 Å². The van der Waals surface area contributed by atoms with Crippen molar-refractivity contribution in [1.29, 1.82) is 0 Å². The van der Waals surface area contributed by atoms with Gasteiger partial charge in [-0.3, -0.25) is 10.3 Å². The summed E-state index contributed by atoms with van der Waals surface area (Å²) in [6, 6.07) is 28.1. The van der Waals surface area contributed by atoms with E-state index in [0.717, 1.165) is 62.4 Å². The average Bonchev–Trinajstić information content (AvgIpc) is 3.67. The van der Waals surface area contributed by atoms with Gasteiger partial charge in [0.15, 0.2) is 17.6 Å². The van der Waals surface area contributed by atoms with E-state index in [-0.39, 0.29) is 36.7 Å². The van der Waals surface area contributed by atoms with E-state index in [2.05, 4.69) is 46.7 Å². The van der Waals surface area contributed by atoms with E-state index in [4.69, 9.17) is 18.9 Å². The fourth-order valence-corrected chi connectivity index (χ4v) is 8.33. The van der Waals surface area contributed by atoms with Crippen LogP contribution in [0, 0.1) is 0 Å². The molecule has 54 heavy (non-hydrogen) atoms. The van der Waals surface area contributed by atoms with Crippen LogP contribution in [0.5, 0.6) is 28.7 Å². The maximum Gasteiger partial charge on any atom is 0.161 e. The molecule has 3 unspecified atom stereocenters. The number of aromatic hydroxyl groups is 2. The minimum atomic E-state index is -0.517. The fraction of sp³-hybridized carbons (Fsp3) is 0.311. The molecule has 0 saturated heterocycles. The van der Waals surface area contributed by atoms with Gasteiger partial charge in [-0.1, -0.05) is 48.5 Å². The predicted molar refractivity (Wildman–Crippen MR) is 207 cm³/mol. The number of phenolic OH excluding ortho intramolecular Hbond substituents is 2. The molecule has 0 fully saturated rings. The number of aliphatic hydroxyl groups is 1. The molecule has 8 rings (SSSR count). The summed E-state index contributed by atoms with van der Waals surface area (Å²) in [5, 5.41) is 37.1. The van der Waals surface area contributed by atoms with Gasteiger partial charge in [-0.25, -0.2) is 0 Å². The maximum atomic E-state index is 11.2. The van der Waals surface area contributed by atoms with Crippen molar-refractivity contribution in [2.45, 2.75) is 50.2 Å². The molecule has 5 aromatic rings. The first-order valence-corrected chi connectivity index (χ1v) is 18.7. The molecule has 9 heteroatoms. The monoisotopic (exact) mass is 726 g/mol. The number of nitrogens with zero attached hydrogens (tertiary/aromatic N) is 1. The van der Waals surface area contributed by atoms with Gasteiger partial charge in [-0.2, -0.15) is 0 Å². The Morgan fingerprint density at radius 1 is 0.889 bits per heavy atom. The van der Waals surface area contributed by atoms with Crippen LogP contribution in [-0.4, -0.2) is 62.1 Å². The molecular weight excluding hydrogens is 681 g/mol. The predicted octanol–water partition coefficient (Wildman–Crippen LogP) is 5.46. The van der Waals surface area contributed by atoms with Crippen molar-refractivity contribution in [3.63, 3.8) is 0 Å². The van der Waals surface area contributed by atoms with Gasteiger partial charge in [0.1, 0.15) is 30.0 Å². The standard InChI is InChI=1S/C45H46N2O7/c1-46-26-53-42-24-36-37-21-31(19-28-9-13-38-29(18-28)14-15-47-38)35-23-33(49)11-12-34(35)43(37)40(52-17-16-48)25-39(36)54-45(42)32-20-30(44(50)41(22-32)51-2)10-8-27-6-4-3-5-7-27/h3-7,9,11-14,18,20,22-23,25,31,42,45-46,48-50H,8,10,15-17,19,21,24,26H2,1-2H3. The van der Waals surface area contributed by atoms with Gasteiger partial charge in [-0.05, 0) is 119 Å². The van der Waals surface area contributed by atoms with E-state index in [0.29, 0.717) is 49.8 Å². The molecule has 2 heterocycles. The molecule has 9 nitrogen and oxygen atoms in total. The van der Waals surface area contributed by atoms with E-state index in [1.165, 1.54) is 11.1 Å². The molecule has 0 radical (unpaired) electrons. The number of rotatable bonds is 13. The number of hydrogen-bond acceptors (Lipinski definition) is 9. The van der Waals surface area contributed by atoms with Crippen LogP contribution in [0.2, 0.25) is 0 Å². The minimum Gasteiger partial charge on any atom is -0.508 e. The lowest BCUT2D eigenvalue weighted by Gasteiger charge is -2.38. The van der Waals surface area contributed by atoms with Crippen LogP contribution in [-0.2, 0) is 36.8 Å². The Morgan fingerprint density at radius 2 is 1.76 bits per heavy atom. The highest BCUT2D eigenvalue weighted by molar-refractivity contribution is 5.83. The van der Waals surface area contributed by atoms with Crippen LogP contribution in [0.1, 0.15) is 51.0 Å². The Kier molecular flexibility index (Phi) is 10.3. The average molecular weight is 727 g/mol. The molecule has 3 atom stereocenters. The smallest absolute Gasteiger partial charge is 0.161 e. The summed E-state index contributed by atoms with van der Waals surface area (Å²) >= 11 is 0. The van der Waals surface area contributed by atoms with Crippen LogP contribution < -0.4 is 30.1 Å². The van der Waals surface area contributed by atoms with Crippen molar-refractivity contribution in [1.82, 2.24) is 5.32 Å². The zero-order chi connectivity index (χ0) is 37.2. The number of methoxy groups -OCH3 is 1. The summed E-state index contributed by atoms with van der Waals surface area (Å²) in [4.78, 5) is 4.57. The Bertz CT molecular complexity index is 2290. The zero-order valence-corrected chi connectivity index (χ0v) is 30.7. The van der Waals surface area contributed by atoms with Crippen LogP contribution in [0.3, 0.4) is 0 Å². The molecule has 1 aliphatic carbocycles. The summed E-state index contributed by atoms with van der Waals surface area (Å²) in [6.07, 6.45) is 4.68. The topological polar surface area (TPSA) is 122 Å². The number of ether oxygens (including phenoxy) is 4. The minimum absolute atomic E-state index is 0.0658. The molecular formula is C45H46N2O7. The lowest BCUT2D eigenvalue weighted by atomic mass is 9.73. The summed E-state index contributed by atoms with van der Waals surface area (Å²) in [5.41, 5.74) is 9.19. The fourth-order valence-electron chi connectivity index (χ4n) is 8.33. The molecule has 0 saturated carbocycles. The molecule has 2 aliphatic heterocycles. The molecule has 0 aromatic heterocycles. The summed E-state index contributed by atoms with van der Waals surface area (Å²) in [7, 11) is 3.42. The number of phenols is 2. The Hall–Kier alpha value is -5.35. The third-order valence-electron chi connectivity index (χ3n) is 10.9. The van der Waals surface area contributed by atoms with E-state index in [1.54, 1.807) is 13.2 Å². The molecule has 278 valence electrons. The molecule has 0 bridgehead atoms. The van der Waals surface area contributed by atoms with Crippen molar-refractivity contribution >= 4 is 6.08 Å². The number of hydrogen-bond donors (Lipinski definition) is 4. The lowest BCUT2D eigenvalue weighted by Crippen LogP contribution is -2.36. The quantitative estimate of drug-likeness (QED) is 0.118. The first kappa shape index (κ1) is 35.7. The van der Waals surface area contributed by atoms with E-state index in [1.807, 2.05) is 55.6 Å². The highest BCUT2D eigenvalue weighted by Crippen LogP contribution is 2.52. The maximum absolute atomic E-state index is 11.2. The number of benzene rings is 5. The van der Waals surface area contributed by atoms with Crippen molar-refractivity contribution in [2.75, 3.05) is 40.6 Å². The SMILES string of the molecule is CNCOC1Cc2c(cc(OCCO)c3c2CC(Cc2ccc4c(c2)=CCN=4)c2cc(O)ccc2-3)OC1c1cc(CCc2ccccc2)c(O)c(OC)c1. The van der Waals surface area contributed by atoms with Crippen molar-refractivity contribution < 1.29 is 34.3 Å². The van der Waals surface area contributed by atoms with Crippen molar-refractivity contribution in [3.05, 3.63) is 134 Å². The normalized spacial score (nSPS) is 17.9. The van der Waals surface area contributed by atoms with Crippen LogP contribution >= 0.6 is 0 Å². The first-order valence-electron chi connectivity index (χ1n) is 18.7. The molecule has 4 N–H and O–H groups in total. The van der Waals surface area contributed by atoms with Gasteiger partial charge in [0, 0.05) is 23.6 Å². The van der Waals surface area contributed by atoms with Crippen LogP contribution in [0.4, 0.5) is 0 Å². The second kappa shape index (κ2) is 15.6. The first-order chi connectivity index (χ1) is 26.4. The molecule has 3 aliphatic rings. The Labute approximate surface area is 315 Å². The molecule has 0 spiro atoms. The van der Waals surface area contributed by atoms with Gasteiger partial charge in [0.05, 0.1) is 32.3 Å².